The van der Waals surface area contributed by atoms with Crippen LogP contribution in [0.2, 0.25) is 5.02 Å². The lowest BCUT2D eigenvalue weighted by molar-refractivity contribution is 0.0696. The van der Waals surface area contributed by atoms with Crippen molar-refractivity contribution in [2.45, 2.75) is 6.10 Å². The molecule has 0 saturated heterocycles. The molecule has 0 saturated carbocycles. The van der Waals surface area contributed by atoms with Crippen LogP contribution in [0.15, 0.2) is 78.9 Å². The lowest BCUT2D eigenvalue weighted by Gasteiger charge is -2.13. The molecule has 1 atom stereocenters. The van der Waals surface area contributed by atoms with Crippen LogP contribution in [-0.4, -0.2) is 21.2 Å². The van der Waals surface area contributed by atoms with Crippen molar-refractivity contribution in [3.63, 3.8) is 0 Å². The van der Waals surface area contributed by atoms with Crippen molar-refractivity contribution in [2.24, 2.45) is 0 Å². The molecule has 0 fully saturated rings. The first-order valence-electron chi connectivity index (χ1n) is 9.35. The van der Waals surface area contributed by atoms with Gasteiger partial charge in [0.25, 0.3) is 0 Å². The fourth-order valence-corrected chi connectivity index (χ4v) is 3.41. The van der Waals surface area contributed by atoms with Crippen molar-refractivity contribution in [3.05, 3.63) is 112 Å². The molecule has 1 heterocycles. The quantitative estimate of drug-likeness (QED) is 0.429. The molecule has 4 aromatic rings. The monoisotopic (exact) mass is 415 g/mol. The van der Waals surface area contributed by atoms with Crippen LogP contribution in [0.4, 0.5) is 0 Å². The van der Waals surface area contributed by atoms with Crippen LogP contribution in [-0.2, 0) is 0 Å². The van der Waals surface area contributed by atoms with E-state index in [9.17, 15) is 9.90 Å². The highest BCUT2D eigenvalue weighted by Gasteiger charge is 2.13. The summed E-state index contributed by atoms with van der Waals surface area (Å²) in [5, 5.41) is 21.5. The van der Waals surface area contributed by atoms with Gasteiger partial charge in [0.05, 0.1) is 16.8 Å². The van der Waals surface area contributed by atoms with Gasteiger partial charge in [-0.25, -0.2) is 9.78 Å². The van der Waals surface area contributed by atoms with Crippen molar-refractivity contribution in [1.29, 1.82) is 0 Å². The summed E-state index contributed by atoms with van der Waals surface area (Å²) in [5.74, 6) is -1.02. The molecule has 5 heteroatoms. The lowest BCUT2D eigenvalue weighted by atomic mass is 9.98. The van der Waals surface area contributed by atoms with E-state index in [-0.39, 0.29) is 5.56 Å². The molecule has 0 aliphatic heterocycles. The number of nitrogens with zero attached hydrogens (tertiary/aromatic N) is 1. The Morgan fingerprint density at radius 2 is 1.63 bits per heavy atom. The third-order valence-electron chi connectivity index (χ3n) is 4.80. The molecule has 0 aliphatic rings. The average Bonchev–Trinajstić information content (AvgIpc) is 2.77. The molecule has 3 aromatic carbocycles. The Morgan fingerprint density at radius 3 is 2.43 bits per heavy atom. The fraction of sp³-hybridized carbons (Fsp3) is 0.0400. The first kappa shape index (κ1) is 19.8. The summed E-state index contributed by atoms with van der Waals surface area (Å²) in [7, 11) is 0. The van der Waals surface area contributed by atoms with Crippen LogP contribution < -0.4 is 0 Å². The van der Waals surface area contributed by atoms with E-state index in [2.05, 4.69) is 4.98 Å². The van der Waals surface area contributed by atoms with Crippen molar-refractivity contribution in [3.8, 4) is 0 Å². The van der Waals surface area contributed by atoms with E-state index < -0.39 is 12.1 Å². The zero-order chi connectivity index (χ0) is 21.1. The van der Waals surface area contributed by atoms with E-state index in [1.165, 1.54) is 12.1 Å². The molecule has 4 nitrogen and oxygen atoms in total. The zero-order valence-corrected chi connectivity index (χ0v) is 16.6. The fourth-order valence-electron chi connectivity index (χ4n) is 3.25. The zero-order valence-electron chi connectivity index (χ0n) is 15.9. The van der Waals surface area contributed by atoms with Gasteiger partial charge in [0.2, 0.25) is 0 Å². The molecule has 0 radical (unpaired) electrons. The number of aliphatic hydroxyl groups excluding tert-OH is 1. The van der Waals surface area contributed by atoms with Crippen LogP contribution in [0.25, 0.3) is 23.1 Å². The third kappa shape index (κ3) is 4.40. The van der Waals surface area contributed by atoms with E-state index in [1.54, 1.807) is 12.1 Å². The molecule has 1 aromatic heterocycles. The highest BCUT2D eigenvalue weighted by molar-refractivity contribution is 6.31. The van der Waals surface area contributed by atoms with E-state index in [4.69, 9.17) is 16.7 Å². The van der Waals surface area contributed by atoms with Gasteiger partial charge in [-0.1, -0.05) is 60.1 Å². The van der Waals surface area contributed by atoms with Crippen molar-refractivity contribution >= 4 is 40.6 Å². The molecule has 0 bridgehead atoms. The van der Waals surface area contributed by atoms with Gasteiger partial charge in [-0.05, 0) is 59.2 Å². The molecule has 0 amide bonds. The predicted molar refractivity (Wildman–Crippen MR) is 120 cm³/mol. The Hall–Kier alpha value is -3.47. The smallest absolute Gasteiger partial charge is 0.335 e. The number of carboxylic acid groups (broad SMARTS) is 1. The van der Waals surface area contributed by atoms with Gasteiger partial charge in [-0.2, -0.15) is 0 Å². The summed E-state index contributed by atoms with van der Waals surface area (Å²) in [4.78, 5) is 15.8. The summed E-state index contributed by atoms with van der Waals surface area (Å²) in [6.45, 7) is 0. The molecule has 0 aliphatic carbocycles. The van der Waals surface area contributed by atoms with Gasteiger partial charge in [0, 0.05) is 10.4 Å². The summed E-state index contributed by atoms with van der Waals surface area (Å²) in [6, 6.07) is 23.3. The SMILES string of the molecule is O=C(O)c1cccc(C(O)c2cccc(/C=C/c3ccc4ccc(Cl)cc4n3)c2)c1. The first-order chi connectivity index (χ1) is 14.5. The Labute approximate surface area is 178 Å². The van der Waals surface area contributed by atoms with Crippen LogP contribution in [0, 0.1) is 0 Å². The van der Waals surface area contributed by atoms with E-state index >= 15 is 0 Å². The maximum atomic E-state index is 11.2. The topological polar surface area (TPSA) is 70.4 Å². The second kappa shape index (κ2) is 8.49. The number of benzene rings is 3. The number of aliphatic hydroxyl groups is 1. The maximum absolute atomic E-state index is 11.2. The Balaban J connectivity index is 1.59. The van der Waals surface area contributed by atoms with Crippen LogP contribution in [0.5, 0.6) is 0 Å². The Morgan fingerprint density at radius 1 is 0.900 bits per heavy atom. The largest absolute Gasteiger partial charge is 0.478 e. The van der Waals surface area contributed by atoms with Crippen molar-refractivity contribution in [2.75, 3.05) is 0 Å². The van der Waals surface area contributed by atoms with Crippen LogP contribution in [0.3, 0.4) is 0 Å². The third-order valence-corrected chi connectivity index (χ3v) is 5.03. The van der Waals surface area contributed by atoms with Crippen LogP contribution in [0.1, 0.15) is 38.8 Å². The molecule has 0 spiro atoms. The summed E-state index contributed by atoms with van der Waals surface area (Å²) < 4.78 is 0. The number of halogens is 1. The molecule has 30 heavy (non-hydrogen) atoms. The minimum atomic E-state index is -1.02. The maximum Gasteiger partial charge on any atom is 0.335 e. The van der Waals surface area contributed by atoms with Crippen LogP contribution >= 0.6 is 11.6 Å². The standard InChI is InChI=1S/C25H18ClNO3/c26-21-10-8-17-9-12-22(27-23(17)15-21)11-7-16-3-1-4-18(13-16)24(28)19-5-2-6-20(14-19)25(29)30/h1-15,24,28H,(H,29,30)/b11-7+. The highest BCUT2D eigenvalue weighted by atomic mass is 35.5. The number of pyridine rings is 1. The summed E-state index contributed by atoms with van der Waals surface area (Å²) in [5.41, 5.74) is 3.87. The average molecular weight is 416 g/mol. The highest BCUT2D eigenvalue weighted by Crippen LogP contribution is 2.24. The summed E-state index contributed by atoms with van der Waals surface area (Å²) in [6.07, 6.45) is 2.90. The van der Waals surface area contributed by atoms with Crippen molar-refractivity contribution in [1.82, 2.24) is 4.98 Å². The van der Waals surface area contributed by atoms with Gasteiger partial charge in [-0.3, -0.25) is 0 Å². The molecular weight excluding hydrogens is 398 g/mol. The second-order valence-electron chi connectivity index (χ2n) is 6.91. The van der Waals surface area contributed by atoms with Gasteiger partial charge in [0.15, 0.2) is 0 Å². The van der Waals surface area contributed by atoms with E-state index in [0.717, 1.165) is 22.2 Å². The molecule has 148 valence electrons. The minimum absolute atomic E-state index is 0.144. The number of rotatable bonds is 5. The van der Waals surface area contributed by atoms with E-state index in [1.807, 2.05) is 66.7 Å². The van der Waals surface area contributed by atoms with Gasteiger partial charge >= 0.3 is 5.97 Å². The van der Waals surface area contributed by atoms with Gasteiger partial charge in [0.1, 0.15) is 6.10 Å². The number of carboxylic acids is 1. The van der Waals surface area contributed by atoms with E-state index in [0.29, 0.717) is 16.1 Å². The number of hydrogen-bond acceptors (Lipinski definition) is 3. The lowest BCUT2D eigenvalue weighted by Crippen LogP contribution is -2.03. The first-order valence-corrected chi connectivity index (χ1v) is 9.73. The molecular formula is C25H18ClNO3. The minimum Gasteiger partial charge on any atom is -0.478 e. The second-order valence-corrected chi connectivity index (χ2v) is 7.35. The predicted octanol–water partition coefficient (Wildman–Crippen LogP) is 5.84. The molecule has 1 unspecified atom stereocenters. The normalized spacial score (nSPS) is 12.3. The number of hydrogen-bond donors (Lipinski definition) is 2. The van der Waals surface area contributed by atoms with Gasteiger partial charge in [-0.15, -0.1) is 0 Å². The number of fused-ring (bicyclic) bond motifs is 1. The molecule has 4 rings (SSSR count). The Bertz CT molecular complexity index is 1270. The summed E-state index contributed by atoms with van der Waals surface area (Å²) >= 11 is 6.05. The number of carbonyl (C=O) groups is 1. The number of aromatic carboxylic acids is 1. The molecule has 2 N–H and O–H groups in total. The Kier molecular flexibility index (Phi) is 5.61. The number of aromatic nitrogens is 1. The van der Waals surface area contributed by atoms with Crippen molar-refractivity contribution < 1.29 is 15.0 Å². The van der Waals surface area contributed by atoms with Gasteiger partial charge < -0.3 is 10.2 Å².